The fourth-order valence-electron chi connectivity index (χ4n) is 1.25. The van der Waals surface area contributed by atoms with Gasteiger partial charge in [0.05, 0.1) is 0 Å². The van der Waals surface area contributed by atoms with E-state index < -0.39 is 6.10 Å². The molecule has 0 amide bonds. The van der Waals surface area contributed by atoms with Crippen LogP contribution in [0.4, 0.5) is 0 Å². The molecule has 2 aromatic rings. The smallest absolute Gasteiger partial charge is 0.157 e. The van der Waals surface area contributed by atoms with Crippen molar-refractivity contribution in [1.82, 2.24) is 24.7 Å². The van der Waals surface area contributed by atoms with Crippen molar-refractivity contribution in [1.29, 1.82) is 0 Å². The van der Waals surface area contributed by atoms with Crippen LogP contribution in [0.3, 0.4) is 0 Å². The van der Waals surface area contributed by atoms with Crippen molar-refractivity contribution in [2.45, 2.75) is 12.5 Å². The Morgan fingerprint density at radius 1 is 1.33 bits per heavy atom. The van der Waals surface area contributed by atoms with Crippen molar-refractivity contribution in [2.75, 3.05) is 0 Å². The first-order valence-electron chi connectivity index (χ1n) is 4.55. The fourth-order valence-corrected chi connectivity index (χ4v) is 1.25. The predicted octanol–water partition coefficient (Wildman–Crippen LogP) is -0.119. The first-order chi connectivity index (χ1) is 7.27. The summed E-state index contributed by atoms with van der Waals surface area (Å²) >= 11 is 0. The minimum Gasteiger partial charge on any atom is -0.385 e. The molecule has 2 rings (SSSR count). The molecule has 0 aromatic carbocycles. The van der Waals surface area contributed by atoms with E-state index >= 15 is 0 Å². The summed E-state index contributed by atoms with van der Waals surface area (Å²) in [6.07, 6.45) is 4.27. The third-order valence-electron chi connectivity index (χ3n) is 2.06. The molecule has 2 heterocycles. The number of aliphatic hydroxyl groups is 1. The molecule has 1 atom stereocenters. The molecule has 15 heavy (non-hydrogen) atoms. The summed E-state index contributed by atoms with van der Waals surface area (Å²) in [7, 11) is 1.78. The molecular formula is C9H11N5O. The largest absolute Gasteiger partial charge is 0.385 e. The van der Waals surface area contributed by atoms with Crippen LogP contribution in [0.25, 0.3) is 0 Å². The van der Waals surface area contributed by atoms with E-state index in [2.05, 4.69) is 20.1 Å². The molecule has 0 aliphatic heterocycles. The minimum absolute atomic E-state index is 0.362. The molecule has 6 heteroatoms. The van der Waals surface area contributed by atoms with Crippen LogP contribution in [0.15, 0.2) is 24.8 Å². The predicted molar refractivity (Wildman–Crippen MR) is 51.7 cm³/mol. The highest BCUT2D eigenvalue weighted by molar-refractivity contribution is 4.97. The maximum atomic E-state index is 9.81. The van der Waals surface area contributed by atoms with Crippen molar-refractivity contribution < 1.29 is 5.11 Å². The quantitative estimate of drug-likeness (QED) is 0.756. The molecule has 1 N–H and O–H groups in total. The average Bonchev–Trinajstić information content (AvgIpc) is 2.66. The number of rotatable bonds is 3. The summed E-state index contributed by atoms with van der Waals surface area (Å²) in [5, 5.41) is 13.7. The Morgan fingerprint density at radius 2 is 2.07 bits per heavy atom. The Morgan fingerprint density at radius 3 is 2.67 bits per heavy atom. The molecule has 0 spiro atoms. The molecule has 0 fully saturated rings. The summed E-state index contributed by atoms with van der Waals surface area (Å²) in [6, 6.07) is 1.71. The van der Waals surface area contributed by atoms with Gasteiger partial charge in [-0.2, -0.15) is 5.10 Å². The molecule has 6 nitrogen and oxygen atoms in total. The molecule has 0 aliphatic carbocycles. The van der Waals surface area contributed by atoms with Crippen LogP contribution in [-0.2, 0) is 13.5 Å². The lowest BCUT2D eigenvalue weighted by Crippen LogP contribution is -2.10. The lowest BCUT2D eigenvalue weighted by Gasteiger charge is -2.07. The van der Waals surface area contributed by atoms with E-state index in [1.165, 1.54) is 6.33 Å². The molecule has 2 aromatic heterocycles. The highest BCUT2D eigenvalue weighted by Gasteiger charge is 2.13. The summed E-state index contributed by atoms with van der Waals surface area (Å²) in [5.74, 6) is 1.11. The van der Waals surface area contributed by atoms with E-state index in [0.29, 0.717) is 18.1 Å². The number of hydrogen-bond donors (Lipinski definition) is 1. The van der Waals surface area contributed by atoms with E-state index in [0.717, 1.165) is 0 Å². The SMILES string of the molecule is Cn1ncnc1CC(O)c1ncccn1. The third-order valence-corrected chi connectivity index (χ3v) is 2.06. The molecule has 78 valence electrons. The van der Waals surface area contributed by atoms with Crippen molar-refractivity contribution >= 4 is 0 Å². The van der Waals surface area contributed by atoms with Crippen molar-refractivity contribution in [2.24, 2.45) is 7.05 Å². The summed E-state index contributed by atoms with van der Waals surface area (Å²) in [5.41, 5.74) is 0. The molecule has 0 saturated heterocycles. The van der Waals surface area contributed by atoms with E-state index in [-0.39, 0.29) is 0 Å². The van der Waals surface area contributed by atoms with Crippen molar-refractivity contribution in [3.05, 3.63) is 36.4 Å². The zero-order chi connectivity index (χ0) is 10.7. The number of aromatic nitrogens is 5. The second-order valence-corrected chi connectivity index (χ2v) is 3.13. The standard InChI is InChI=1S/C9H11N5O/c1-14-8(12-6-13-14)5-7(15)9-10-3-2-4-11-9/h2-4,6-7,15H,5H2,1H3. The molecule has 1 unspecified atom stereocenters. The van der Waals surface area contributed by atoms with Gasteiger partial charge in [-0.1, -0.05) is 0 Å². The van der Waals surface area contributed by atoms with Gasteiger partial charge in [-0.15, -0.1) is 0 Å². The Labute approximate surface area is 86.6 Å². The lowest BCUT2D eigenvalue weighted by molar-refractivity contribution is 0.164. The molecule has 0 radical (unpaired) electrons. The topological polar surface area (TPSA) is 76.7 Å². The highest BCUT2D eigenvalue weighted by Crippen LogP contribution is 2.11. The van der Waals surface area contributed by atoms with Crippen LogP contribution in [0.1, 0.15) is 17.8 Å². The summed E-state index contributed by atoms with van der Waals surface area (Å²) < 4.78 is 1.62. The summed E-state index contributed by atoms with van der Waals surface area (Å²) in [4.78, 5) is 12.0. The molecular weight excluding hydrogens is 194 g/mol. The Hall–Kier alpha value is -1.82. The van der Waals surface area contributed by atoms with E-state index in [9.17, 15) is 5.11 Å². The van der Waals surface area contributed by atoms with E-state index in [1.807, 2.05) is 0 Å². The number of aliphatic hydroxyl groups excluding tert-OH is 1. The van der Waals surface area contributed by atoms with Gasteiger partial charge in [0, 0.05) is 25.9 Å². The zero-order valence-corrected chi connectivity index (χ0v) is 8.28. The van der Waals surface area contributed by atoms with Gasteiger partial charge in [0.15, 0.2) is 5.82 Å². The van der Waals surface area contributed by atoms with Gasteiger partial charge >= 0.3 is 0 Å². The maximum absolute atomic E-state index is 9.81. The molecule has 0 saturated carbocycles. The average molecular weight is 205 g/mol. The first-order valence-corrected chi connectivity index (χ1v) is 4.55. The van der Waals surface area contributed by atoms with E-state index in [4.69, 9.17) is 0 Å². The maximum Gasteiger partial charge on any atom is 0.157 e. The van der Waals surface area contributed by atoms with Crippen LogP contribution in [0.5, 0.6) is 0 Å². The van der Waals surface area contributed by atoms with Gasteiger partial charge in [-0.05, 0) is 6.07 Å². The second-order valence-electron chi connectivity index (χ2n) is 3.13. The Balaban J connectivity index is 2.11. The van der Waals surface area contributed by atoms with Crippen LogP contribution in [0.2, 0.25) is 0 Å². The first kappa shape index (κ1) is 9.72. The minimum atomic E-state index is -0.742. The van der Waals surface area contributed by atoms with Crippen LogP contribution in [0, 0.1) is 0 Å². The normalized spacial score (nSPS) is 12.7. The van der Waals surface area contributed by atoms with Gasteiger partial charge in [-0.25, -0.2) is 15.0 Å². The van der Waals surface area contributed by atoms with Crippen molar-refractivity contribution in [3.63, 3.8) is 0 Å². The molecule has 0 aliphatic rings. The highest BCUT2D eigenvalue weighted by atomic mass is 16.3. The van der Waals surface area contributed by atoms with Gasteiger partial charge < -0.3 is 5.11 Å². The Kier molecular flexibility index (Phi) is 2.68. The monoisotopic (exact) mass is 205 g/mol. The third kappa shape index (κ3) is 2.16. The van der Waals surface area contributed by atoms with Crippen LogP contribution in [-0.4, -0.2) is 29.8 Å². The van der Waals surface area contributed by atoms with Crippen LogP contribution >= 0.6 is 0 Å². The van der Waals surface area contributed by atoms with E-state index in [1.54, 1.807) is 30.2 Å². The van der Waals surface area contributed by atoms with Gasteiger partial charge in [0.1, 0.15) is 18.3 Å². The van der Waals surface area contributed by atoms with Crippen LogP contribution < -0.4 is 0 Å². The van der Waals surface area contributed by atoms with Gasteiger partial charge in [-0.3, -0.25) is 4.68 Å². The fraction of sp³-hybridized carbons (Fsp3) is 0.333. The zero-order valence-electron chi connectivity index (χ0n) is 8.28. The Bertz CT molecular complexity index is 427. The van der Waals surface area contributed by atoms with Gasteiger partial charge in [0.25, 0.3) is 0 Å². The summed E-state index contributed by atoms with van der Waals surface area (Å²) in [6.45, 7) is 0. The van der Waals surface area contributed by atoms with Gasteiger partial charge in [0.2, 0.25) is 0 Å². The van der Waals surface area contributed by atoms with Crippen molar-refractivity contribution in [3.8, 4) is 0 Å². The number of nitrogens with zero attached hydrogens (tertiary/aromatic N) is 5. The lowest BCUT2D eigenvalue weighted by atomic mass is 10.2. The number of aryl methyl sites for hydroxylation is 1. The number of hydrogen-bond acceptors (Lipinski definition) is 5. The molecule has 0 bridgehead atoms. The second kappa shape index (κ2) is 4.14.